The normalized spacial score (nSPS) is 13.2. The molecule has 0 N–H and O–H groups in total. The Labute approximate surface area is 499 Å². The number of hydrogen-bond donors (Lipinski definition) is 0. The highest BCUT2D eigenvalue weighted by atomic mass is 16.6. The van der Waals surface area contributed by atoms with Crippen LogP contribution in [0.1, 0.15) is 278 Å². The predicted molar refractivity (Wildman–Crippen MR) is 352 cm³/mol. The monoisotopic (exact) mass is 1120 g/mol. The van der Waals surface area contributed by atoms with Gasteiger partial charge in [-0.05, 0) is 141 Å². The van der Waals surface area contributed by atoms with E-state index in [2.05, 4.69) is 179 Å². The molecule has 0 aliphatic heterocycles. The van der Waals surface area contributed by atoms with Gasteiger partial charge in [-0.25, -0.2) is 0 Å². The van der Waals surface area contributed by atoms with Crippen molar-refractivity contribution in [2.75, 3.05) is 13.2 Å². The summed E-state index contributed by atoms with van der Waals surface area (Å²) < 4.78 is 16.9. The lowest BCUT2D eigenvalue weighted by Crippen LogP contribution is -2.30. The van der Waals surface area contributed by atoms with Crippen molar-refractivity contribution >= 4 is 17.9 Å². The molecule has 456 valence electrons. The molecule has 0 aliphatic rings. The smallest absolute Gasteiger partial charge is 0.306 e. The second-order valence-electron chi connectivity index (χ2n) is 21.2. The van der Waals surface area contributed by atoms with Crippen molar-refractivity contribution in [3.8, 4) is 0 Å². The van der Waals surface area contributed by atoms with E-state index in [4.69, 9.17) is 14.2 Å². The second kappa shape index (κ2) is 67.5. The first-order valence-corrected chi connectivity index (χ1v) is 33.0. The van der Waals surface area contributed by atoms with E-state index in [1.807, 2.05) is 0 Å². The van der Waals surface area contributed by atoms with Crippen molar-refractivity contribution in [3.63, 3.8) is 0 Å². The molecule has 0 amide bonds. The van der Waals surface area contributed by atoms with E-state index in [0.29, 0.717) is 19.3 Å². The SMILES string of the molecule is CC/C=C\C/C=C\C/C=C\C/C=C\C/C=C\C/C=C\C/C=C\CCCCCCCCCCCCCCCC(=O)OCC(COC(=O)CCCCC/C=C\C/C=C\C/C=C\CC)OC(=O)CCCCCCC/C=C\C/C=C\C/C=C\CC. The maximum Gasteiger partial charge on any atom is 0.306 e. The number of allylic oxidation sites excluding steroid dienone is 26. The lowest BCUT2D eigenvalue weighted by Gasteiger charge is -2.18. The number of ether oxygens (including phenoxy) is 3. The molecule has 1 unspecified atom stereocenters. The van der Waals surface area contributed by atoms with E-state index in [-0.39, 0.29) is 31.1 Å². The van der Waals surface area contributed by atoms with Gasteiger partial charge in [0.15, 0.2) is 6.10 Å². The summed E-state index contributed by atoms with van der Waals surface area (Å²) in [6.45, 7) is 6.26. The van der Waals surface area contributed by atoms with Crippen LogP contribution in [0.15, 0.2) is 158 Å². The summed E-state index contributed by atoms with van der Waals surface area (Å²) >= 11 is 0. The van der Waals surface area contributed by atoms with Crippen molar-refractivity contribution in [3.05, 3.63) is 158 Å². The molecule has 0 heterocycles. The van der Waals surface area contributed by atoms with Crippen LogP contribution in [-0.2, 0) is 28.6 Å². The first-order chi connectivity index (χ1) is 40.0. The van der Waals surface area contributed by atoms with Crippen LogP contribution in [0.25, 0.3) is 0 Å². The van der Waals surface area contributed by atoms with Gasteiger partial charge in [0, 0.05) is 19.3 Å². The Morgan fingerprint density at radius 1 is 0.247 bits per heavy atom. The highest BCUT2D eigenvalue weighted by Gasteiger charge is 2.19. The summed E-state index contributed by atoms with van der Waals surface area (Å²) in [7, 11) is 0. The molecular formula is C75H120O6. The first kappa shape index (κ1) is 76.0. The van der Waals surface area contributed by atoms with Gasteiger partial charge in [-0.2, -0.15) is 0 Å². The van der Waals surface area contributed by atoms with Crippen LogP contribution < -0.4 is 0 Å². The van der Waals surface area contributed by atoms with E-state index in [9.17, 15) is 14.4 Å². The van der Waals surface area contributed by atoms with E-state index in [0.717, 1.165) is 167 Å². The minimum Gasteiger partial charge on any atom is -0.462 e. The van der Waals surface area contributed by atoms with Gasteiger partial charge >= 0.3 is 17.9 Å². The molecule has 6 nitrogen and oxygen atoms in total. The topological polar surface area (TPSA) is 78.9 Å². The van der Waals surface area contributed by atoms with Gasteiger partial charge < -0.3 is 14.2 Å². The molecule has 81 heavy (non-hydrogen) atoms. The fourth-order valence-electron chi connectivity index (χ4n) is 8.69. The Hall–Kier alpha value is -4.97. The number of unbranched alkanes of at least 4 members (excludes halogenated alkanes) is 21. The largest absolute Gasteiger partial charge is 0.462 e. The Morgan fingerprint density at radius 2 is 0.444 bits per heavy atom. The number of hydrogen-bond acceptors (Lipinski definition) is 6. The van der Waals surface area contributed by atoms with Crippen molar-refractivity contribution in [2.24, 2.45) is 0 Å². The van der Waals surface area contributed by atoms with E-state index < -0.39 is 6.10 Å². The first-order valence-electron chi connectivity index (χ1n) is 33.0. The lowest BCUT2D eigenvalue weighted by molar-refractivity contribution is -0.167. The molecular weight excluding hydrogens is 997 g/mol. The van der Waals surface area contributed by atoms with Gasteiger partial charge in [0.1, 0.15) is 13.2 Å². The Morgan fingerprint density at radius 3 is 0.704 bits per heavy atom. The molecule has 0 bridgehead atoms. The Kier molecular flexibility index (Phi) is 63.4. The van der Waals surface area contributed by atoms with Crippen LogP contribution >= 0.6 is 0 Å². The van der Waals surface area contributed by atoms with E-state index >= 15 is 0 Å². The van der Waals surface area contributed by atoms with Crippen molar-refractivity contribution in [1.82, 2.24) is 0 Å². The highest BCUT2D eigenvalue weighted by molar-refractivity contribution is 5.71. The fraction of sp³-hybridized carbons (Fsp3) is 0.613. The quantitative estimate of drug-likeness (QED) is 0.0261. The molecule has 0 aromatic carbocycles. The highest BCUT2D eigenvalue weighted by Crippen LogP contribution is 2.15. The molecule has 0 rings (SSSR count). The van der Waals surface area contributed by atoms with Crippen molar-refractivity contribution < 1.29 is 28.6 Å². The number of esters is 3. The van der Waals surface area contributed by atoms with Crippen LogP contribution in [0.2, 0.25) is 0 Å². The third kappa shape index (κ3) is 65.7. The van der Waals surface area contributed by atoms with Crippen LogP contribution in [0.5, 0.6) is 0 Å². The fourth-order valence-corrected chi connectivity index (χ4v) is 8.69. The third-order valence-electron chi connectivity index (χ3n) is 13.5. The maximum absolute atomic E-state index is 12.9. The molecule has 0 spiro atoms. The van der Waals surface area contributed by atoms with Gasteiger partial charge in [-0.3, -0.25) is 14.4 Å². The molecule has 0 aliphatic carbocycles. The predicted octanol–water partition coefficient (Wildman–Crippen LogP) is 22.9. The van der Waals surface area contributed by atoms with Crippen molar-refractivity contribution in [1.29, 1.82) is 0 Å². The summed E-state index contributed by atoms with van der Waals surface area (Å²) in [5, 5.41) is 0. The Bertz CT molecular complexity index is 1810. The third-order valence-corrected chi connectivity index (χ3v) is 13.5. The number of carbonyl (C=O) groups excluding carboxylic acids is 3. The van der Waals surface area contributed by atoms with E-state index in [1.54, 1.807) is 0 Å². The molecule has 0 fully saturated rings. The molecule has 0 radical (unpaired) electrons. The van der Waals surface area contributed by atoms with Gasteiger partial charge in [0.2, 0.25) is 0 Å². The van der Waals surface area contributed by atoms with Gasteiger partial charge in [-0.15, -0.1) is 0 Å². The van der Waals surface area contributed by atoms with Gasteiger partial charge in [0.25, 0.3) is 0 Å². The minimum atomic E-state index is -0.806. The molecule has 0 aromatic heterocycles. The molecule has 1 atom stereocenters. The zero-order chi connectivity index (χ0) is 58.5. The number of rotatable bonds is 58. The van der Waals surface area contributed by atoms with E-state index in [1.165, 1.54) is 70.6 Å². The average Bonchev–Trinajstić information content (AvgIpc) is 3.46. The van der Waals surface area contributed by atoms with Crippen LogP contribution in [0.3, 0.4) is 0 Å². The summed E-state index contributed by atoms with van der Waals surface area (Å²) in [6.07, 6.45) is 98.4. The summed E-state index contributed by atoms with van der Waals surface area (Å²) in [5.74, 6) is -0.950. The molecule has 6 heteroatoms. The van der Waals surface area contributed by atoms with Crippen LogP contribution in [0, 0.1) is 0 Å². The molecule has 0 saturated heterocycles. The summed E-state index contributed by atoms with van der Waals surface area (Å²) in [4.78, 5) is 38.3. The maximum atomic E-state index is 12.9. The second-order valence-corrected chi connectivity index (χ2v) is 21.2. The zero-order valence-corrected chi connectivity index (χ0v) is 52.2. The lowest BCUT2D eigenvalue weighted by atomic mass is 10.0. The van der Waals surface area contributed by atoms with Crippen molar-refractivity contribution in [2.45, 2.75) is 284 Å². The summed E-state index contributed by atoms with van der Waals surface area (Å²) in [6, 6.07) is 0. The average molecular weight is 1120 g/mol. The van der Waals surface area contributed by atoms with Gasteiger partial charge in [0.05, 0.1) is 0 Å². The minimum absolute atomic E-state index is 0.0995. The Balaban J connectivity index is 4.22. The van der Waals surface area contributed by atoms with Gasteiger partial charge in [-0.1, -0.05) is 275 Å². The van der Waals surface area contributed by atoms with Crippen LogP contribution in [0.4, 0.5) is 0 Å². The zero-order valence-electron chi connectivity index (χ0n) is 52.2. The summed E-state index contributed by atoms with van der Waals surface area (Å²) in [5.41, 5.74) is 0. The molecule has 0 aromatic rings. The number of carbonyl (C=O) groups is 3. The van der Waals surface area contributed by atoms with Crippen LogP contribution in [-0.4, -0.2) is 37.2 Å². The molecule has 0 saturated carbocycles. The standard InChI is InChI=1S/C75H120O6/c1-4-7-10-13-16-19-22-25-27-28-29-30-31-32-33-34-35-36-37-38-39-40-41-42-43-44-45-46-48-50-53-56-59-62-65-68-74(77)80-71-72(70-79-73(76)67-64-61-58-55-52-49-24-21-18-15-12-9-6-3)81-75(78)69-66-63-60-57-54-51-47-26-23-20-17-14-11-8-5-2/h7-12,16-21,25-27,29-30,32-33,35-36,38-39,47,49,52,72H,4-6,13-15,22-24,28,31,34,37,40-46,48,50-51,53-71H2,1-3H3/b10-7-,11-8-,12-9-,19-16-,20-17-,21-18-,27-25-,30-29-,33-32-,36-35-,39-38-,47-26-,52-49-.